The number of nitrogens with one attached hydrogen (secondary N) is 1. The number of morpholine rings is 1. The van der Waals surface area contributed by atoms with Gasteiger partial charge in [0, 0.05) is 26.2 Å². The van der Waals surface area contributed by atoms with E-state index in [0.717, 1.165) is 30.8 Å². The van der Waals surface area contributed by atoms with Crippen LogP contribution in [0.4, 0.5) is 0 Å². The second-order valence-corrected chi connectivity index (χ2v) is 7.60. The fourth-order valence-corrected chi connectivity index (χ4v) is 3.78. The molecule has 4 nitrogen and oxygen atoms in total. The Bertz CT molecular complexity index is 764. The number of hydrogen-bond donors (Lipinski definition) is 1. The highest BCUT2D eigenvalue weighted by Gasteiger charge is 2.22. The molecule has 0 radical (unpaired) electrons. The van der Waals surface area contributed by atoms with Gasteiger partial charge in [-0.05, 0) is 43.0 Å². The number of carbonyl (C=O) groups is 1. The van der Waals surface area contributed by atoms with Gasteiger partial charge in [0.05, 0.1) is 18.6 Å². The van der Waals surface area contributed by atoms with Crippen LogP contribution in [0.1, 0.15) is 36.1 Å². The molecule has 27 heavy (non-hydrogen) atoms. The molecule has 0 saturated carbocycles. The van der Waals surface area contributed by atoms with Gasteiger partial charge in [0.1, 0.15) is 0 Å². The van der Waals surface area contributed by atoms with Crippen LogP contribution < -0.4 is 5.32 Å². The summed E-state index contributed by atoms with van der Waals surface area (Å²) in [7, 11) is 0. The first kappa shape index (κ1) is 19.6. The minimum absolute atomic E-state index is 0.0627. The van der Waals surface area contributed by atoms with Crippen LogP contribution >= 0.6 is 0 Å². The maximum Gasteiger partial charge on any atom is 0.224 e. The van der Waals surface area contributed by atoms with E-state index in [1.165, 1.54) is 11.1 Å². The molecule has 1 amide bonds. The lowest BCUT2D eigenvalue weighted by Gasteiger charge is -2.35. The van der Waals surface area contributed by atoms with E-state index in [1.54, 1.807) is 0 Å². The SMILES string of the molecule is Cc1ccccc1CC(=O)NCc1ccccc1CN1C[C@@H](C)O[C@@H](C)C1. The monoisotopic (exact) mass is 366 g/mol. The van der Waals surface area contributed by atoms with Gasteiger partial charge in [0.15, 0.2) is 0 Å². The van der Waals surface area contributed by atoms with Gasteiger partial charge in [-0.1, -0.05) is 48.5 Å². The number of aryl methyl sites for hydroxylation is 1. The topological polar surface area (TPSA) is 41.6 Å². The summed E-state index contributed by atoms with van der Waals surface area (Å²) < 4.78 is 5.83. The summed E-state index contributed by atoms with van der Waals surface area (Å²) in [5.41, 5.74) is 4.70. The van der Waals surface area contributed by atoms with Gasteiger partial charge in [-0.25, -0.2) is 0 Å². The zero-order chi connectivity index (χ0) is 19.2. The summed E-state index contributed by atoms with van der Waals surface area (Å²) in [6.07, 6.45) is 0.942. The van der Waals surface area contributed by atoms with E-state index in [-0.39, 0.29) is 18.1 Å². The van der Waals surface area contributed by atoms with Crippen molar-refractivity contribution in [1.29, 1.82) is 0 Å². The van der Waals surface area contributed by atoms with Crippen molar-refractivity contribution in [2.75, 3.05) is 13.1 Å². The van der Waals surface area contributed by atoms with E-state index in [1.807, 2.05) is 37.3 Å². The maximum absolute atomic E-state index is 12.4. The lowest BCUT2D eigenvalue weighted by molar-refractivity contribution is -0.120. The normalized spacial score (nSPS) is 20.4. The van der Waals surface area contributed by atoms with Gasteiger partial charge in [-0.3, -0.25) is 9.69 Å². The Hall–Kier alpha value is -2.17. The first-order valence-electron chi connectivity index (χ1n) is 9.77. The van der Waals surface area contributed by atoms with Crippen molar-refractivity contribution in [1.82, 2.24) is 10.2 Å². The number of benzene rings is 2. The van der Waals surface area contributed by atoms with E-state index in [0.29, 0.717) is 13.0 Å². The van der Waals surface area contributed by atoms with Crippen LogP contribution in [0.25, 0.3) is 0 Å². The molecule has 0 unspecified atom stereocenters. The third-order valence-corrected chi connectivity index (χ3v) is 5.10. The minimum atomic E-state index is 0.0627. The Morgan fingerprint density at radius 2 is 1.59 bits per heavy atom. The second kappa shape index (κ2) is 9.16. The molecule has 144 valence electrons. The van der Waals surface area contributed by atoms with Crippen LogP contribution in [0.5, 0.6) is 0 Å². The molecule has 2 atom stereocenters. The number of rotatable bonds is 6. The zero-order valence-electron chi connectivity index (χ0n) is 16.6. The molecule has 1 heterocycles. The predicted octanol–water partition coefficient (Wildman–Crippen LogP) is 3.46. The van der Waals surface area contributed by atoms with Crippen LogP contribution in [-0.2, 0) is 29.0 Å². The van der Waals surface area contributed by atoms with Gasteiger partial charge in [-0.15, -0.1) is 0 Å². The first-order valence-corrected chi connectivity index (χ1v) is 9.77. The van der Waals surface area contributed by atoms with E-state index in [4.69, 9.17) is 4.74 Å². The van der Waals surface area contributed by atoms with Crippen LogP contribution in [0, 0.1) is 6.92 Å². The molecule has 0 spiro atoms. The molecule has 3 rings (SSSR count). The quantitative estimate of drug-likeness (QED) is 0.851. The number of ether oxygens (including phenoxy) is 1. The van der Waals surface area contributed by atoms with Crippen LogP contribution in [0.3, 0.4) is 0 Å². The summed E-state index contributed by atoms with van der Waals surface area (Å²) in [5.74, 6) is 0.0627. The van der Waals surface area contributed by atoms with E-state index in [2.05, 4.69) is 42.3 Å². The molecule has 2 aromatic rings. The van der Waals surface area contributed by atoms with Crippen molar-refractivity contribution >= 4 is 5.91 Å². The summed E-state index contributed by atoms with van der Waals surface area (Å²) in [6, 6.07) is 16.4. The highest BCUT2D eigenvalue weighted by Crippen LogP contribution is 2.17. The van der Waals surface area contributed by atoms with E-state index >= 15 is 0 Å². The van der Waals surface area contributed by atoms with Crippen molar-refractivity contribution in [3.8, 4) is 0 Å². The maximum atomic E-state index is 12.4. The molecule has 0 bridgehead atoms. The lowest BCUT2D eigenvalue weighted by atomic mass is 10.0. The fourth-order valence-electron chi connectivity index (χ4n) is 3.78. The van der Waals surface area contributed by atoms with Gasteiger partial charge in [-0.2, -0.15) is 0 Å². The van der Waals surface area contributed by atoms with Crippen LogP contribution in [0.2, 0.25) is 0 Å². The van der Waals surface area contributed by atoms with Crippen molar-refractivity contribution in [2.24, 2.45) is 0 Å². The third-order valence-electron chi connectivity index (χ3n) is 5.10. The molecule has 1 saturated heterocycles. The number of amides is 1. The molecule has 0 aromatic heterocycles. The molecule has 4 heteroatoms. The van der Waals surface area contributed by atoms with Gasteiger partial charge in [0.2, 0.25) is 5.91 Å². The van der Waals surface area contributed by atoms with Gasteiger partial charge >= 0.3 is 0 Å². The summed E-state index contributed by atoms with van der Waals surface area (Å²) in [6.45, 7) is 9.64. The molecular weight excluding hydrogens is 336 g/mol. The smallest absolute Gasteiger partial charge is 0.224 e. The largest absolute Gasteiger partial charge is 0.373 e. The molecule has 0 aliphatic carbocycles. The summed E-state index contributed by atoms with van der Waals surface area (Å²) in [5, 5.41) is 3.09. The van der Waals surface area contributed by atoms with Crippen molar-refractivity contribution in [3.05, 3.63) is 70.8 Å². The Balaban J connectivity index is 1.59. The molecule has 1 aliphatic heterocycles. The van der Waals surface area contributed by atoms with Crippen LogP contribution in [-0.4, -0.2) is 36.1 Å². The highest BCUT2D eigenvalue weighted by atomic mass is 16.5. The fraction of sp³-hybridized carbons (Fsp3) is 0.435. The molecule has 1 fully saturated rings. The Morgan fingerprint density at radius 1 is 1.00 bits per heavy atom. The average Bonchev–Trinajstić information content (AvgIpc) is 2.62. The Labute approximate surface area is 162 Å². The van der Waals surface area contributed by atoms with Crippen molar-refractivity contribution in [3.63, 3.8) is 0 Å². The van der Waals surface area contributed by atoms with E-state index in [9.17, 15) is 4.79 Å². The zero-order valence-corrected chi connectivity index (χ0v) is 16.6. The predicted molar refractivity (Wildman–Crippen MR) is 108 cm³/mol. The average molecular weight is 367 g/mol. The number of carbonyl (C=O) groups excluding carboxylic acids is 1. The van der Waals surface area contributed by atoms with Crippen molar-refractivity contribution in [2.45, 2.75) is 52.5 Å². The molecular formula is C23H30N2O2. The molecule has 2 aromatic carbocycles. The first-order chi connectivity index (χ1) is 13.0. The highest BCUT2D eigenvalue weighted by molar-refractivity contribution is 5.78. The van der Waals surface area contributed by atoms with Gasteiger partial charge in [0.25, 0.3) is 0 Å². The standard InChI is InChI=1S/C23H30N2O2/c1-17-8-4-5-9-20(17)12-23(26)24-13-21-10-6-7-11-22(21)16-25-14-18(2)27-19(3)15-25/h4-11,18-19H,12-16H2,1-3H3,(H,24,26)/t18-,19+. The van der Waals surface area contributed by atoms with E-state index < -0.39 is 0 Å². The minimum Gasteiger partial charge on any atom is -0.373 e. The van der Waals surface area contributed by atoms with Crippen molar-refractivity contribution < 1.29 is 9.53 Å². The second-order valence-electron chi connectivity index (χ2n) is 7.60. The lowest BCUT2D eigenvalue weighted by Crippen LogP contribution is -2.45. The summed E-state index contributed by atoms with van der Waals surface area (Å²) >= 11 is 0. The number of nitrogens with zero attached hydrogens (tertiary/aromatic N) is 1. The Kier molecular flexibility index (Phi) is 6.64. The molecule has 1 N–H and O–H groups in total. The summed E-state index contributed by atoms with van der Waals surface area (Å²) in [4.78, 5) is 14.8. The van der Waals surface area contributed by atoms with Crippen LogP contribution in [0.15, 0.2) is 48.5 Å². The Morgan fingerprint density at radius 3 is 2.26 bits per heavy atom. The number of hydrogen-bond acceptors (Lipinski definition) is 3. The van der Waals surface area contributed by atoms with Gasteiger partial charge < -0.3 is 10.1 Å². The molecule has 1 aliphatic rings. The third kappa shape index (κ3) is 5.65.